The van der Waals surface area contributed by atoms with Gasteiger partial charge in [0.25, 0.3) is 0 Å². The van der Waals surface area contributed by atoms with Crippen LogP contribution < -0.4 is 10.5 Å². The molecular formula is C20H15FN4O3S. The number of ether oxygens (including phenoxy) is 1. The number of pyridine rings is 1. The summed E-state index contributed by atoms with van der Waals surface area (Å²) in [6, 6.07) is 12.8. The Kier molecular flexibility index (Phi) is 5.48. The third-order valence-corrected chi connectivity index (χ3v) is 4.62. The quantitative estimate of drug-likeness (QED) is 0.272. The van der Waals surface area contributed by atoms with Gasteiger partial charge in [-0.1, -0.05) is 11.2 Å². The van der Waals surface area contributed by atoms with Crippen molar-refractivity contribution in [1.29, 1.82) is 0 Å². The van der Waals surface area contributed by atoms with Gasteiger partial charge in [0.2, 0.25) is 11.8 Å². The molecule has 0 amide bonds. The van der Waals surface area contributed by atoms with Gasteiger partial charge < -0.3 is 19.7 Å². The van der Waals surface area contributed by atoms with Gasteiger partial charge in [-0.25, -0.2) is 14.4 Å². The summed E-state index contributed by atoms with van der Waals surface area (Å²) in [6.45, 7) is 0.0469. The van der Waals surface area contributed by atoms with Crippen LogP contribution in [0, 0.1) is 5.82 Å². The zero-order chi connectivity index (χ0) is 20.1. The Bertz CT molecular complexity index is 1090. The summed E-state index contributed by atoms with van der Waals surface area (Å²) in [5, 5.41) is 5.82. The van der Waals surface area contributed by atoms with Gasteiger partial charge >= 0.3 is 0 Å². The first-order valence-electron chi connectivity index (χ1n) is 8.51. The molecule has 0 bridgehead atoms. The highest BCUT2D eigenvalue weighted by Gasteiger charge is 2.08. The Balaban J connectivity index is 1.33. The Morgan fingerprint density at radius 1 is 1.10 bits per heavy atom. The van der Waals surface area contributed by atoms with Crippen LogP contribution in [-0.4, -0.2) is 15.8 Å². The number of nitrogens with two attached hydrogens (primary N) is 1. The second-order valence-electron chi connectivity index (χ2n) is 5.79. The molecule has 3 heterocycles. The summed E-state index contributed by atoms with van der Waals surface area (Å²) in [5.41, 5.74) is 6.47. The lowest BCUT2D eigenvalue weighted by Gasteiger charge is -2.05. The molecule has 0 saturated carbocycles. The molecule has 0 atom stereocenters. The van der Waals surface area contributed by atoms with Crippen LogP contribution in [-0.2, 0) is 11.4 Å². The second-order valence-corrected chi connectivity index (χ2v) is 6.73. The average molecular weight is 410 g/mol. The van der Waals surface area contributed by atoms with Crippen molar-refractivity contribution in [2.75, 3.05) is 0 Å². The summed E-state index contributed by atoms with van der Waals surface area (Å²) in [4.78, 5) is 14.5. The van der Waals surface area contributed by atoms with E-state index in [-0.39, 0.29) is 18.3 Å². The molecule has 4 aromatic rings. The predicted molar refractivity (Wildman–Crippen MR) is 106 cm³/mol. The number of aromatic nitrogens is 2. The largest absolute Gasteiger partial charge is 0.439 e. The summed E-state index contributed by atoms with van der Waals surface area (Å²) < 4.78 is 24.1. The molecule has 1 aromatic carbocycles. The van der Waals surface area contributed by atoms with Gasteiger partial charge in [-0.2, -0.15) is 0 Å². The molecule has 4 rings (SSSR count). The number of amidine groups is 1. The van der Waals surface area contributed by atoms with E-state index in [4.69, 9.17) is 19.7 Å². The number of hydrogen-bond donors (Lipinski definition) is 1. The number of benzene rings is 1. The maximum atomic E-state index is 12.9. The molecule has 0 fully saturated rings. The molecule has 0 aliphatic carbocycles. The lowest BCUT2D eigenvalue weighted by atomic mass is 10.3. The van der Waals surface area contributed by atoms with E-state index in [1.807, 2.05) is 17.5 Å². The van der Waals surface area contributed by atoms with Crippen LogP contribution in [0.2, 0.25) is 0 Å². The Morgan fingerprint density at radius 2 is 1.97 bits per heavy atom. The lowest BCUT2D eigenvalue weighted by molar-refractivity contribution is 0.111. The van der Waals surface area contributed by atoms with E-state index in [0.717, 1.165) is 4.88 Å². The average Bonchev–Trinajstić information content (AvgIpc) is 3.42. The lowest BCUT2D eigenvalue weighted by Crippen LogP contribution is -2.14. The molecule has 146 valence electrons. The number of nitrogens with zero attached hydrogens (tertiary/aromatic N) is 3. The van der Waals surface area contributed by atoms with Crippen LogP contribution in [0.4, 0.5) is 4.39 Å². The molecule has 9 heteroatoms. The number of rotatable bonds is 7. The summed E-state index contributed by atoms with van der Waals surface area (Å²) in [7, 11) is 0. The molecule has 0 aliphatic rings. The first-order valence-corrected chi connectivity index (χ1v) is 9.39. The number of hydrogen-bond acceptors (Lipinski definition) is 7. The highest BCUT2D eigenvalue weighted by atomic mass is 32.1. The standard InChI is InChI=1S/C20H15FN4O3S/c21-14-4-6-15(7-5-14)27-18-8-3-13(10-23-18)20(22)25-26-12-19-24-11-16(28-19)17-2-1-9-29-17/h1-11H,12H2,(H2,22,25). The topological polar surface area (TPSA) is 95.8 Å². The number of halogens is 1. The Hall–Kier alpha value is -3.72. The zero-order valence-electron chi connectivity index (χ0n) is 15.0. The zero-order valence-corrected chi connectivity index (χ0v) is 15.8. The molecule has 0 spiro atoms. The van der Waals surface area contributed by atoms with Crippen molar-refractivity contribution < 1.29 is 18.4 Å². The fourth-order valence-electron chi connectivity index (χ4n) is 2.33. The van der Waals surface area contributed by atoms with Gasteiger partial charge in [0.1, 0.15) is 11.6 Å². The molecule has 2 N–H and O–H groups in total. The summed E-state index contributed by atoms with van der Waals surface area (Å²) in [5.74, 6) is 1.70. The van der Waals surface area contributed by atoms with Crippen molar-refractivity contribution in [3.63, 3.8) is 0 Å². The number of oxime groups is 1. The smallest absolute Gasteiger partial charge is 0.235 e. The van der Waals surface area contributed by atoms with Gasteiger partial charge in [-0.15, -0.1) is 11.3 Å². The minimum atomic E-state index is -0.336. The SMILES string of the molecule is N/C(=N\OCc1ncc(-c2cccs2)o1)c1ccc(Oc2ccc(F)cc2)nc1. The third-order valence-electron chi connectivity index (χ3n) is 3.74. The van der Waals surface area contributed by atoms with Gasteiger partial charge in [0.15, 0.2) is 18.2 Å². The Labute approximate surface area is 169 Å². The second kappa shape index (κ2) is 8.53. The van der Waals surface area contributed by atoms with Gasteiger partial charge in [-0.05, 0) is 41.8 Å². The van der Waals surface area contributed by atoms with Crippen molar-refractivity contribution >= 4 is 17.2 Å². The van der Waals surface area contributed by atoms with E-state index >= 15 is 0 Å². The molecule has 0 radical (unpaired) electrons. The van der Waals surface area contributed by atoms with Crippen molar-refractivity contribution in [3.05, 3.63) is 83.6 Å². The normalized spacial score (nSPS) is 11.4. The number of thiophene rings is 1. The summed E-state index contributed by atoms with van der Waals surface area (Å²) in [6.07, 6.45) is 3.14. The van der Waals surface area contributed by atoms with Crippen molar-refractivity contribution in [3.8, 4) is 22.3 Å². The molecule has 29 heavy (non-hydrogen) atoms. The molecule has 0 saturated heterocycles. The highest BCUT2D eigenvalue weighted by molar-refractivity contribution is 7.13. The summed E-state index contributed by atoms with van der Waals surface area (Å²) >= 11 is 1.56. The van der Waals surface area contributed by atoms with E-state index < -0.39 is 0 Å². The van der Waals surface area contributed by atoms with E-state index in [1.165, 1.54) is 30.5 Å². The molecule has 3 aromatic heterocycles. The van der Waals surface area contributed by atoms with Gasteiger partial charge in [0.05, 0.1) is 11.1 Å². The first kappa shape index (κ1) is 18.6. The predicted octanol–water partition coefficient (Wildman–Crippen LogP) is 4.57. The van der Waals surface area contributed by atoms with E-state index in [2.05, 4.69) is 15.1 Å². The van der Waals surface area contributed by atoms with Gasteiger partial charge in [-0.3, -0.25) is 0 Å². The maximum Gasteiger partial charge on any atom is 0.235 e. The molecule has 0 unspecified atom stereocenters. The fraction of sp³-hybridized carbons (Fsp3) is 0.0500. The van der Waals surface area contributed by atoms with Crippen LogP contribution in [0.15, 0.2) is 75.9 Å². The minimum Gasteiger partial charge on any atom is -0.439 e. The van der Waals surface area contributed by atoms with Crippen LogP contribution in [0.1, 0.15) is 11.5 Å². The maximum absolute atomic E-state index is 12.9. The molecule has 0 aliphatic heterocycles. The van der Waals surface area contributed by atoms with Crippen molar-refractivity contribution in [2.24, 2.45) is 10.9 Å². The molecular weight excluding hydrogens is 395 g/mol. The first-order chi connectivity index (χ1) is 14.2. The Morgan fingerprint density at radius 3 is 2.69 bits per heavy atom. The number of oxazole rings is 1. The third kappa shape index (κ3) is 4.77. The van der Waals surface area contributed by atoms with Crippen LogP contribution in [0.3, 0.4) is 0 Å². The highest BCUT2D eigenvalue weighted by Crippen LogP contribution is 2.25. The fourth-order valence-corrected chi connectivity index (χ4v) is 3.01. The van der Waals surface area contributed by atoms with Crippen LogP contribution in [0.25, 0.3) is 10.6 Å². The van der Waals surface area contributed by atoms with Crippen molar-refractivity contribution in [1.82, 2.24) is 9.97 Å². The minimum absolute atomic E-state index is 0.0469. The monoisotopic (exact) mass is 410 g/mol. The van der Waals surface area contributed by atoms with Crippen molar-refractivity contribution in [2.45, 2.75) is 6.61 Å². The van der Waals surface area contributed by atoms with E-state index in [1.54, 1.807) is 29.7 Å². The van der Waals surface area contributed by atoms with Crippen LogP contribution in [0.5, 0.6) is 11.6 Å². The van der Waals surface area contributed by atoms with Crippen LogP contribution >= 0.6 is 11.3 Å². The van der Waals surface area contributed by atoms with E-state index in [0.29, 0.717) is 28.8 Å². The van der Waals surface area contributed by atoms with E-state index in [9.17, 15) is 4.39 Å². The van der Waals surface area contributed by atoms with Gasteiger partial charge in [0, 0.05) is 17.8 Å². The molecule has 7 nitrogen and oxygen atoms in total.